The van der Waals surface area contributed by atoms with Crippen LogP contribution < -0.4 is 10.6 Å². The maximum atomic E-state index is 13.0. The number of rotatable bonds is 4. The van der Waals surface area contributed by atoms with Crippen molar-refractivity contribution in [1.82, 2.24) is 10.3 Å². The Balaban J connectivity index is 1.46. The van der Waals surface area contributed by atoms with E-state index in [1.807, 2.05) is 0 Å². The molecule has 4 rings (SSSR count). The zero-order valence-corrected chi connectivity index (χ0v) is 17.6. The molecule has 6 atom stereocenters. The third kappa shape index (κ3) is 4.16. The van der Waals surface area contributed by atoms with Gasteiger partial charge in [0.2, 0.25) is 5.91 Å². The Morgan fingerprint density at radius 1 is 1.07 bits per heavy atom. The highest BCUT2D eigenvalue weighted by molar-refractivity contribution is 7.13. The highest BCUT2D eigenvalue weighted by Gasteiger charge is 2.62. The van der Waals surface area contributed by atoms with Crippen LogP contribution in [0.1, 0.15) is 34.6 Å². The molecule has 0 aliphatic carbocycles. The lowest BCUT2D eigenvalue weighted by Crippen LogP contribution is -2.60. The molecule has 0 radical (unpaired) electrons. The summed E-state index contributed by atoms with van der Waals surface area (Å²) in [5, 5.41) is 7.53. The molecular weight excluding hydrogens is 402 g/mol. The average Bonchev–Trinajstić information content (AvgIpc) is 3.29. The van der Waals surface area contributed by atoms with E-state index >= 15 is 0 Å². The zero-order valence-electron chi connectivity index (χ0n) is 16.8. The van der Waals surface area contributed by atoms with E-state index in [0.29, 0.717) is 5.13 Å². The van der Waals surface area contributed by atoms with Gasteiger partial charge in [0, 0.05) is 11.6 Å². The van der Waals surface area contributed by atoms with Crippen LogP contribution in [0, 0.1) is 0 Å². The minimum absolute atomic E-state index is 0.385. The summed E-state index contributed by atoms with van der Waals surface area (Å²) in [5.41, 5.74) is 0. The van der Waals surface area contributed by atoms with Crippen molar-refractivity contribution < 1.29 is 33.3 Å². The molecule has 3 aliphatic heterocycles. The summed E-state index contributed by atoms with van der Waals surface area (Å²) in [6, 6.07) is -0.807. The maximum absolute atomic E-state index is 13.0. The van der Waals surface area contributed by atoms with Crippen LogP contribution in [0.2, 0.25) is 0 Å². The van der Waals surface area contributed by atoms with Gasteiger partial charge in [-0.1, -0.05) is 0 Å². The fourth-order valence-electron chi connectivity index (χ4n) is 3.68. The molecular formula is C18H25N3O7S. The van der Waals surface area contributed by atoms with Gasteiger partial charge >= 0.3 is 0 Å². The van der Waals surface area contributed by atoms with E-state index in [1.165, 1.54) is 11.3 Å². The first kappa shape index (κ1) is 20.6. The Morgan fingerprint density at radius 3 is 2.41 bits per heavy atom. The van der Waals surface area contributed by atoms with Gasteiger partial charge in [-0.2, -0.15) is 0 Å². The molecule has 11 heteroatoms. The second kappa shape index (κ2) is 7.25. The molecule has 10 nitrogen and oxygen atoms in total. The third-order valence-electron chi connectivity index (χ3n) is 4.83. The fraction of sp³-hybridized carbons (Fsp3) is 0.722. The van der Waals surface area contributed by atoms with Crippen LogP contribution in [-0.2, 0) is 33.3 Å². The van der Waals surface area contributed by atoms with Crippen molar-refractivity contribution in [3.05, 3.63) is 11.6 Å². The summed E-state index contributed by atoms with van der Waals surface area (Å²) in [5.74, 6) is -2.66. The number of hydrogen-bond acceptors (Lipinski definition) is 9. The van der Waals surface area contributed by atoms with E-state index in [4.69, 9.17) is 23.7 Å². The number of carbonyl (C=O) groups is 2. The molecule has 0 unspecified atom stereocenters. The van der Waals surface area contributed by atoms with Gasteiger partial charge in [-0.15, -0.1) is 11.3 Å². The number of hydrogen-bond donors (Lipinski definition) is 2. The van der Waals surface area contributed by atoms with Crippen LogP contribution in [-0.4, -0.2) is 65.1 Å². The second-order valence-electron chi connectivity index (χ2n) is 8.15. The van der Waals surface area contributed by atoms with Crippen LogP contribution in [0.3, 0.4) is 0 Å². The molecule has 4 heterocycles. The van der Waals surface area contributed by atoms with Crippen LogP contribution in [0.15, 0.2) is 11.6 Å². The number of fused-ring (bicyclic) bond motifs is 3. The Morgan fingerprint density at radius 2 is 1.72 bits per heavy atom. The highest BCUT2D eigenvalue weighted by atomic mass is 32.1. The standard InChI is InChI=1S/C18H25N3O7S/c1-8(13(22)21-16-19-6-7-29-16)20-14(23)11-9-10(26-17(2,3)25-9)12-15(24-11)28-18(4,5)27-12/h6-12,15H,1-5H3,(H,20,23)(H,19,21,22)/t8-,9-,10+,11+,12-,15-/m1/s1. The van der Waals surface area contributed by atoms with Gasteiger partial charge in [-0.25, -0.2) is 4.98 Å². The minimum atomic E-state index is -1.02. The summed E-state index contributed by atoms with van der Waals surface area (Å²) in [4.78, 5) is 29.3. The smallest absolute Gasteiger partial charge is 0.252 e. The predicted molar refractivity (Wildman–Crippen MR) is 101 cm³/mol. The second-order valence-corrected chi connectivity index (χ2v) is 9.04. The summed E-state index contributed by atoms with van der Waals surface area (Å²) in [6.07, 6.45) is -1.97. The molecule has 1 aromatic rings. The summed E-state index contributed by atoms with van der Waals surface area (Å²) in [6.45, 7) is 8.65. The van der Waals surface area contributed by atoms with E-state index in [1.54, 1.807) is 46.2 Å². The summed E-state index contributed by atoms with van der Waals surface area (Å²) in [7, 11) is 0. The fourth-order valence-corrected chi connectivity index (χ4v) is 4.22. The predicted octanol–water partition coefficient (Wildman–Crippen LogP) is 0.983. The molecule has 3 saturated heterocycles. The van der Waals surface area contributed by atoms with Gasteiger partial charge in [0.15, 0.2) is 29.1 Å². The number of carbonyl (C=O) groups excluding carboxylic acids is 2. The Bertz CT molecular complexity index is 784. The Hall–Kier alpha value is -1.63. The molecule has 3 aliphatic rings. The number of nitrogens with one attached hydrogen (secondary N) is 2. The molecule has 0 saturated carbocycles. The van der Waals surface area contributed by atoms with E-state index in [9.17, 15) is 9.59 Å². The number of aromatic nitrogens is 1. The number of thiazole rings is 1. The molecule has 0 aromatic carbocycles. The minimum Gasteiger partial charge on any atom is -0.342 e. The first-order valence-corrected chi connectivity index (χ1v) is 10.3. The SMILES string of the molecule is C[C@@H](NC(=O)[C@H]1O[C@@H]2OC(C)(C)O[C@@H]2[C@H]2OC(C)(C)O[C@H]21)C(=O)Nc1nccs1. The summed E-state index contributed by atoms with van der Waals surface area (Å²) >= 11 is 1.29. The molecule has 2 amide bonds. The first-order valence-electron chi connectivity index (χ1n) is 9.42. The van der Waals surface area contributed by atoms with Crippen LogP contribution in [0.4, 0.5) is 5.13 Å². The maximum Gasteiger partial charge on any atom is 0.252 e. The Labute approximate surface area is 172 Å². The lowest BCUT2D eigenvalue weighted by molar-refractivity contribution is -0.231. The largest absolute Gasteiger partial charge is 0.342 e. The normalized spacial score (nSPS) is 35.4. The zero-order chi connectivity index (χ0) is 21.0. The van der Waals surface area contributed by atoms with Gasteiger partial charge in [-0.3, -0.25) is 9.59 Å². The molecule has 1 aromatic heterocycles. The van der Waals surface area contributed by atoms with E-state index in [-0.39, 0.29) is 5.91 Å². The van der Waals surface area contributed by atoms with Crippen molar-refractivity contribution in [2.24, 2.45) is 0 Å². The molecule has 2 N–H and O–H groups in total. The molecule has 0 spiro atoms. The quantitative estimate of drug-likeness (QED) is 0.730. The molecule has 29 heavy (non-hydrogen) atoms. The van der Waals surface area contributed by atoms with Gasteiger partial charge in [0.25, 0.3) is 5.91 Å². The molecule has 0 bridgehead atoms. The van der Waals surface area contributed by atoms with Crippen molar-refractivity contribution in [2.45, 2.75) is 82.9 Å². The first-order chi connectivity index (χ1) is 13.5. The van der Waals surface area contributed by atoms with Crippen LogP contribution in [0.25, 0.3) is 0 Å². The topological polar surface area (TPSA) is 117 Å². The van der Waals surface area contributed by atoms with E-state index in [2.05, 4.69) is 15.6 Å². The third-order valence-corrected chi connectivity index (χ3v) is 5.52. The highest BCUT2D eigenvalue weighted by Crippen LogP contribution is 2.44. The number of amides is 2. The average molecular weight is 427 g/mol. The van der Waals surface area contributed by atoms with Crippen LogP contribution in [0.5, 0.6) is 0 Å². The van der Waals surface area contributed by atoms with Gasteiger partial charge in [-0.05, 0) is 34.6 Å². The van der Waals surface area contributed by atoms with Crippen molar-refractivity contribution in [3.63, 3.8) is 0 Å². The van der Waals surface area contributed by atoms with Gasteiger partial charge in [0.1, 0.15) is 24.4 Å². The lowest BCUT2D eigenvalue weighted by Gasteiger charge is -2.36. The number of nitrogens with zero attached hydrogens (tertiary/aromatic N) is 1. The van der Waals surface area contributed by atoms with Crippen molar-refractivity contribution in [3.8, 4) is 0 Å². The van der Waals surface area contributed by atoms with E-state index < -0.39 is 54.2 Å². The molecule has 160 valence electrons. The van der Waals surface area contributed by atoms with Gasteiger partial charge in [0.05, 0.1) is 0 Å². The van der Waals surface area contributed by atoms with Crippen molar-refractivity contribution >= 4 is 28.3 Å². The monoisotopic (exact) mass is 427 g/mol. The summed E-state index contributed by atoms with van der Waals surface area (Å²) < 4.78 is 29.5. The number of anilines is 1. The van der Waals surface area contributed by atoms with Crippen molar-refractivity contribution in [2.75, 3.05) is 5.32 Å². The van der Waals surface area contributed by atoms with E-state index in [0.717, 1.165) is 0 Å². The molecule has 3 fully saturated rings. The van der Waals surface area contributed by atoms with Gasteiger partial charge < -0.3 is 34.3 Å². The lowest BCUT2D eigenvalue weighted by atomic mass is 9.98. The number of ether oxygens (including phenoxy) is 5. The van der Waals surface area contributed by atoms with Crippen LogP contribution >= 0.6 is 11.3 Å². The van der Waals surface area contributed by atoms with Crippen molar-refractivity contribution in [1.29, 1.82) is 0 Å². The Kier molecular flexibility index (Phi) is 5.16.